The van der Waals surface area contributed by atoms with Gasteiger partial charge in [0.05, 0.1) is 16.3 Å². The standard InChI is InChI=1S/C20H17FN2OS2/c1-13-3-2-4-14(11-13)12-26-20-22-17-9-10-25-18(17)19(24)23(20)16-7-5-15(21)6-8-16/h2-8,11H,9-10,12H2,1H3. The van der Waals surface area contributed by atoms with E-state index in [2.05, 4.69) is 25.1 Å². The third kappa shape index (κ3) is 3.44. The zero-order valence-corrected chi connectivity index (χ0v) is 15.9. The van der Waals surface area contributed by atoms with Crippen molar-refractivity contribution in [3.8, 4) is 5.69 Å². The van der Waals surface area contributed by atoms with Gasteiger partial charge in [0.25, 0.3) is 5.56 Å². The molecule has 2 heterocycles. The van der Waals surface area contributed by atoms with Crippen LogP contribution in [-0.2, 0) is 12.2 Å². The molecule has 3 nitrogen and oxygen atoms in total. The molecule has 0 fully saturated rings. The molecule has 3 aromatic rings. The van der Waals surface area contributed by atoms with E-state index in [0.717, 1.165) is 23.6 Å². The number of rotatable bonds is 4. The number of halogens is 1. The summed E-state index contributed by atoms with van der Waals surface area (Å²) in [4.78, 5) is 18.5. The molecule has 0 radical (unpaired) electrons. The number of hydrogen-bond acceptors (Lipinski definition) is 4. The Kier molecular flexibility index (Phi) is 4.87. The van der Waals surface area contributed by atoms with E-state index >= 15 is 0 Å². The molecule has 0 atom stereocenters. The molecule has 6 heteroatoms. The van der Waals surface area contributed by atoms with E-state index in [1.54, 1.807) is 28.5 Å². The maximum absolute atomic E-state index is 13.3. The maximum Gasteiger partial charge on any atom is 0.272 e. The summed E-state index contributed by atoms with van der Waals surface area (Å²) in [7, 11) is 0. The van der Waals surface area contributed by atoms with Crippen LogP contribution >= 0.6 is 23.5 Å². The molecular weight excluding hydrogens is 367 g/mol. The molecule has 26 heavy (non-hydrogen) atoms. The van der Waals surface area contributed by atoms with Crippen molar-refractivity contribution in [2.24, 2.45) is 0 Å². The number of nitrogens with zero attached hydrogens (tertiary/aromatic N) is 2. The largest absolute Gasteiger partial charge is 0.272 e. The average Bonchev–Trinajstić information content (AvgIpc) is 3.10. The number of aromatic nitrogens is 2. The minimum Gasteiger partial charge on any atom is -0.268 e. The van der Waals surface area contributed by atoms with E-state index in [1.807, 2.05) is 6.07 Å². The van der Waals surface area contributed by atoms with Crippen molar-refractivity contribution in [3.05, 3.63) is 81.5 Å². The van der Waals surface area contributed by atoms with E-state index in [9.17, 15) is 9.18 Å². The molecule has 1 aromatic heterocycles. The molecule has 0 unspecified atom stereocenters. The maximum atomic E-state index is 13.3. The molecule has 4 rings (SSSR count). The molecule has 0 bridgehead atoms. The Morgan fingerprint density at radius 1 is 1.23 bits per heavy atom. The number of benzene rings is 2. The quantitative estimate of drug-likeness (QED) is 0.486. The first-order valence-corrected chi connectivity index (χ1v) is 10.3. The van der Waals surface area contributed by atoms with Crippen LogP contribution in [0.1, 0.15) is 16.8 Å². The number of thioether (sulfide) groups is 2. The SMILES string of the molecule is Cc1cccc(CSc2nc3c(c(=O)n2-c2ccc(F)cc2)SCC3)c1. The van der Waals surface area contributed by atoms with E-state index in [0.29, 0.717) is 15.7 Å². The van der Waals surface area contributed by atoms with Crippen molar-refractivity contribution >= 4 is 23.5 Å². The first-order chi connectivity index (χ1) is 12.6. The highest BCUT2D eigenvalue weighted by atomic mass is 32.2. The third-order valence-electron chi connectivity index (χ3n) is 4.20. The van der Waals surface area contributed by atoms with Gasteiger partial charge in [-0.3, -0.25) is 9.36 Å². The van der Waals surface area contributed by atoms with Crippen LogP contribution in [0.25, 0.3) is 5.69 Å². The van der Waals surface area contributed by atoms with E-state index in [-0.39, 0.29) is 11.4 Å². The highest BCUT2D eigenvalue weighted by Gasteiger charge is 2.22. The minimum atomic E-state index is -0.320. The first kappa shape index (κ1) is 17.4. The van der Waals surface area contributed by atoms with Crippen molar-refractivity contribution in [2.45, 2.75) is 29.1 Å². The fourth-order valence-corrected chi connectivity index (χ4v) is 4.95. The zero-order chi connectivity index (χ0) is 18.1. The number of fused-ring (bicyclic) bond motifs is 1. The van der Waals surface area contributed by atoms with E-state index in [4.69, 9.17) is 4.98 Å². The lowest BCUT2D eigenvalue weighted by atomic mass is 10.2. The fraction of sp³-hybridized carbons (Fsp3) is 0.200. The summed E-state index contributed by atoms with van der Waals surface area (Å²) < 4.78 is 14.9. The Balaban J connectivity index is 1.76. The second-order valence-electron chi connectivity index (χ2n) is 6.16. The second kappa shape index (κ2) is 7.29. The Labute approximate surface area is 159 Å². The van der Waals surface area contributed by atoms with Crippen molar-refractivity contribution < 1.29 is 4.39 Å². The van der Waals surface area contributed by atoms with Crippen LogP contribution in [0, 0.1) is 12.7 Å². The van der Waals surface area contributed by atoms with Gasteiger partial charge in [-0.15, -0.1) is 11.8 Å². The predicted molar refractivity (Wildman–Crippen MR) is 105 cm³/mol. The van der Waals surface area contributed by atoms with Crippen LogP contribution in [0.5, 0.6) is 0 Å². The Hall–Kier alpha value is -2.05. The zero-order valence-electron chi connectivity index (χ0n) is 14.2. The second-order valence-corrected chi connectivity index (χ2v) is 8.21. The van der Waals surface area contributed by atoms with Crippen LogP contribution in [-0.4, -0.2) is 15.3 Å². The molecule has 0 saturated heterocycles. The Morgan fingerprint density at radius 3 is 2.81 bits per heavy atom. The molecule has 0 amide bonds. The van der Waals surface area contributed by atoms with Crippen LogP contribution in [0.15, 0.2) is 63.4 Å². The molecule has 0 spiro atoms. The van der Waals surface area contributed by atoms with Gasteiger partial charge in [-0.1, -0.05) is 41.6 Å². The molecule has 1 aliphatic rings. The average molecular weight is 385 g/mol. The lowest BCUT2D eigenvalue weighted by Gasteiger charge is -2.14. The molecule has 0 saturated carbocycles. The normalized spacial score (nSPS) is 13.0. The summed E-state index contributed by atoms with van der Waals surface area (Å²) in [6, 6.07) is 14.3. The van der Waals surface area contributed by atoms with E-state index < -0.39 is 0 Å². The van der Waals surface area contributed by atoms with Gasteiger partial charge in [-0.2, -0.15) is 0 Å². The van der Waals surface area contributed by atoms with Crippen molar-refractivity contribution in [1.82, 2.24) is 9.55 Å². The summed E-state index contributed by atoms with van der Waals surface area (Å²) >= 11 is 3.09. The first-order valence-electron chi connectivity index (χ1n) is 8.35. The Bertz CT molecular complexity index is 1020. The summed E-state index contributed by atoms with van der Waals surface area (Å²) in [5.41, 5.74) is 3.86. The van der Waals surface area contributed by atoms with Crippen LogP contribution in [0.3, 0.4) is 0 Å². The van der Waals surface area contributed by atoms with Crippen LogP contribution < -0.4 is 5.56 Å². The molecule has 0 N–H and O–H groups in total. The highest BCUT2D eigenvalue weighted by molar-refractivity contribution is 7.99. The summed E-state index contributed by atoms with van der Waals surface area (Å²) in [5, 5.41) is 0.657. The van der Waals surface area contributed by atoms with Gasteiger partial charge in [0.1, 0.15) is 5.82 Å². The smallest absolute Gasteiger partial charge is 0.268 e. The van der Waals surface area contributed by atoms with Gasteiger partial charge >= 0.3 is 0 Å². The van der Waals surface area contributed by atoms with Gasteiger partial charge in [-0.25, -0.2) is 9.37 Å². The topological polar surface area (TPSA) is 34.9 Å². The van der Waals surface area contributed by atoms with E-state index in [1.165, 1.54) is 35.0 Å². The van der Waals surface area contributed by atoms with Gasteiger partial charge in [0.15, 0.2) is 5.16 Å². The van der Waals surface area contributed by atoms with Crippen molar-refractivity contribution in [2.75, 3.05) is 5.75 Å². The Morgan fingerprint density at radius 2 is 2.04 bits per heavy atom. The number of hydrogen-bond donors (Lipinski definition) is 0. The summed E-state index contributed by atoms with van der Waals surface area (Å²) in [6.45, 7) is 2.06. The van der Waals surface area contributed by atoms with Gasteiger partial charge < -0.3 is 0 Å². The van der Waals surface area contributed by atoms with Gasteiger partial charge in [0.2, 0.25) is 0 Å². The third-order valence-corrected chi connectivity index (χ3v) is 6.32. The van der Waals surface area contributed by atoms with Gasteiger partial charge in [0, 0.05) is 17.9 Å². The van der Waals surface area contributed by atoms with Crippen molar-refractivity contribution in [3.63, 3.8) is 0 Å². The molecule has 1 aliphatic heterocycles. The monoisotopic (exact) mass is 384 g/mol. The van der Waals surface area contributed by atoms with Gasteiger partial charge in [-0.05, 0) is 36.8 Å². The molecule has 0 aliphatic carbocycles. The molecule has 132 valence electrons. The number of aryl methyl sites for hydroxylation is 2. The van der Waals surface area contributed by atoms with Crippen LogP contribution in [0.2, 0.25) is 0 Å². The summed E-state index contributed by atoms with van der Waals surface area (Å²) in [6.07, 6.45) is 0.817. The predicted octanol–water partition coefficient (Wildman–Crippen LogP) is 4.62. The van der Waals surface area contributed by atoms with Crippen molar-refractivity contribution in [1.29, 1.82) is 0 Å². The van der Waals surface area contributed by atoms with Crippen LogP contribution in [0.4, 0.5) is 4.39 Å². The fourth-order valence-electron chi connectivity index (χ4n) is 2.96. The lowest BCUT2D eigenvalue weighted by molar-refractivity contribution is 0.626. The lowest BCUT2D eigenvalue weighted by Crippen LogP contribution is -2.23. The highest BCUT2D eigenvalue weighted by Crippen LogP contribution is 2.31. The molecular formula is C20H17FN2OS2. The summed E-state index contributed by atoms with van der Waals surface area (Å²) in [5.74, 6) is 1.29. The minimum absolute atomic E-state index is 0.0594. The molecule has 2 aromatic carbocycles.